The largest absolute Gasteiger partial charge is 0.326 e. The summed E-state index contributed by atoms with van der Waals surface area (Å²) in [6.45, 7) is 0.616. The van der Waals surface area contributed by atoms with Crippen LogP contribution in [0.15, 0.2) is 36.0 Å². The molecule has 2 heterocycles. The molecule has 0 spiro atoms. The molecule has 0 fully saturated rings. The van der Waals surface area contributed by atoms with Gasteiger partial charge in [-0.05, 0) is 23.6 Å². The highest BCUT2D eigenvalue weighted by atomic mass is 32.1. The second kappa shape index (κ2) is 3.13. The Hall–Kier alpha value is -1.06. The lowest BCUT2D eigenvalue weighted by molar-refractivity contribution is 1.02. The van der Waals surface area contributed by atoms with Gasteiger partial charge in [0.15, 0.2) is 0 Å². The van der Waals surface area contributed by atoms with Gasteiger partial charge in [-0.1, -0.05) is 0 Å². The molecule has 0 aliphatic carbocycles. The number of hydrogen-bond donors (Lipinski definition) is 1. The highest BCUT2D eigenvalue weighted by Gasteiger charge is 2.02. The van der Waals surface area contributed by atoms with E-state index in [4.69, 9.17) is 5.73 Å². The number of rotatable bonds is 2. The Balaban J connectivity index is 2.46. The molecule has 2 rings (SSSR count). The third kappa shape index (κ3) is 1.17. The molecule has 0 unspecified atom stereocenters. The van der Waals surface area contributed by atoms with E-state index in [1.807, 2.05) is 24.5 Å². The molecule has 0 saturated carbocycles. The van der Waals surface area contributed by atoms with Crippen molar-refractivity contribution < 1.29 is 0 Å². The molecule has 2 aromatic heterocycles. The van der Waals surface area contributed by atoms with E-state index in [2.05, 4.69) is 16.0 Å². The van der Waals surface area contributed by atoms with Gasteiger partial charge in [0, 0.05) is 23.8 Å². The molecule has 2 N–H and O–H groups in total. The lowest BCUT2D eigenvalue weighted by Crippen LogP contribution is -1.98. The van der Waals surface area contributed by atoms with Crippen molar-refractivity contribution in [3.63, 3.8) is 0 Å². The van der Waals surface area contributed by atoms with Crippen LogP contribution in [-0.4, -0.2) is 4.57 Å². The van der Waals surface area contributed by atoms with E-state index < -0.39 is 0 Å². The number of aromatic nitrogens is 1. The third-order valence-corrected chi connectivity index (χ3v) is 2.72. The molecule has 0 saturated heterocycles. The fourth-order valence-corrected chi connectivity index (χ4v) is 1.96. The van der Waals surface area contributed by atoms with Crippen LogP contribution in [0.25, 0.3) is 5.69 Å². The Morgan fingerprint density at radius 2 is 2.08 bits per heavy atom. The molecule has 0 radical (unpaired) electrons. The van der Waals surface area contributed by atoms with Gasteiger partial charge in [-0.25, -0.2) is 0 Å². The van der Waals surface area contributed by atoms with Crippen molar-refractivity contribution in [3.05, 3.63) is 40.8 Å². The molecule has 0 bridgehead atoms. The second-order valence-corrected chi connectivity index (χ2v) is 3.52. The first-order valence-electron chi connectivity index (χ1n) is 3.81. The van der Waals surface area contributed by atoms with E-state index in [1.165, 1.54) is 10.6 Å². The van der Waals surface area contributed by atoms with Gasteiger partial charge in [-0.15, -0.1) is 11.3 Å². The molecule has 2 nitrogen and oxygen atoms in total. The van der Waals surface area contributed by atoms with Gasteiger partial charge >= 0.3 is 0 Å². The van der Waals surface area contributed by atoms with Gasteiger partial charge in [-0.3, -0.25) is 0 Å². The zero-order valence-electron chi connectivity index (χ0n) is 6.60. The third-order valence-electron chi connectivity index (χ3n) is 1.79. The predicted octanol–water partition coefficient (Wildman–Crippen LogP) is 2.00. The zero-order chi connectivity index (χ0) is 8.39. The summed E-state index contributed by atoms with van der Waals surface area (Å²) >= 11 is 1.70. The van der Waals surface area contributed by atoms with E-state index in [0.717, 1.165) is 0 Å². The van der Waals surface area contributed by atoms with Gasteiger partial charge in [0.2, 0.25) is 0 Å². The normalized spacial score (nSPS) is 10.4. The number of nitrogens with zero attached hydrogens (tertiary/aromatic N) is 1. The molecular weight excluding hydrogens is 168 g/mol. The SMILES string of the molecule is NCc1sccc1-n1cccc1. The summed E-state index contributed by atoms with van der Waals surface area (Å²) in [7, 11) is 0. The van der Waals surface area contributed by atoms with Crippen LogP contribution >= 0.6 is 11.3 Å². The van der Waals surface area contributed by atoms with Crippen molar-refractivity contribution >= 4 is 11.3 Å². The smallest absolute Gasteiger partial charge is 0.0601 e. The average Bonchev–Trinajstić information content (AvgIpc) is 2.74. The first kappa shape index (κ1) is 7.58. The zero-order valence-corrected chi connectivity index (χ0v) is 7.42. The lowest BCUT2D eigenvalue weighted by atomic mass is 10.4. The molecule has 0 atom stereocenters. The van der Waals surface area contributed by atoms with Crippen LogP contribution in [0.2, 0.25) is 0 Å². The lowest BCUT2D eigenvalue weighted by Gasteiger charge is -2.01. The first-order chi connectivity index (χ1) is 5.92. The quantitative estimate of drug-likeness (QED) is 0.749. The molecule has 62 valence electrons. The van der Waals surface area contributed by atoms with Gasteiger partial charge in [0.05, 0.1) is 5.69 Å². The molecule has 12 heavy (non-hydrogen) atoms. The molecule has 3 heteroatoms. The van der Waals surface area contributed by atoms with Crippen molar-refractivity contribution in [3.8, 4) is 5.69 Å². The van der Waals surface area contributed by atoms with Gasteiger partial charge < -0.3 is 10.3 Å². The summed E-state index contributed by atoms with van der Waals surface area (Å²) in [6, 6.07) is 6.11. The van der Waals surface area contributed by atoms with Crippen LogP contribution in [0.1, 0.15) is 4.88 Å². The van der Waals surface area contributed by atoms with E-state index in [0.29, 0.717) is 6.54 Å². The van der Waals surface area contributed by atoms with Crippen LogP contribution in [0, 0.1) is 0 Å². The highest BCUT2D eigenvalue weighted by Crippen LogP contribution is 2.20. The molecule has 0 amide bonds. The van der Waals surface area contributed by atoms with Crippen LogP contribution in [-0.2, 0) is 6.54 Å². The maximum atomic E-state index is 5.60. The maximum Gasteiger partial charge on any atom is 0.0601 e. The van der Waals surface area contributed by atoms with Crippen molar-refractivity contribution in [2.45, 2.75) is 6.54 Å². The number of thiophene rings is 1. The summed E-state index contributed by atoms with van der Waals surface area (Å²) < 4.78 is 2.08. The van der Waals surface area contributed by atoms with Crippen molar-refractivity contribution in [2.24, 2.45) is 5.73 Å². The first-order valence-corrected chi connectivity index (χ1v) is 4.69. The predicted molar refractivity (Wildman–Crippen MR) is 51.5 cm³/mol. The van der Waals surface area contributed by atoms with E-state index in [9.17, 15) is 0 Å². The van der Waals surface area contributed by atoms with E-state index >= 15 is 0 Å². The molecule has 0 aliphatic rings. The Morgan fingerprint density at radius 1 is 1.33 bits per heavy atom. The Labute approximate surface area is 75.3 Å². The van der Waals surface area contributed by atoms with Gasteiger partial charge in [0.1, 0.15) is 0 Å². The fraction of sp³-hybridized carbons (Fsp3) is 0.111. The van der Waals surface area contributed by atoms with Crippen molar-refractivity contribution in [1.82, 2.24) is 4.57 Å². The minimum absolute atomic E-state index is 0.616. The summed E-state index contributed by atoms with van der Waals surface area (Å²) in [5.74, 6) is 0. The molecule has 2 aromatic rings. The average molecular weight is 178 g/mol. The maximum absolute atomic E-state index is 5.60. The van der Waals surface area contributed by atoms with Crippen LogP contribution < -0.4 is 5.73 Å². The van der Waals surface area contributed by atoms with E-state index in [-0.39, 0.29) is 0 Å². The van der Waals surface area contributed by atoms with Crippen LogP contribution in [0.5, 0.6) is 0 Å². The minimum Gasteiger partial charge on any atom is -0.326 e. The Morgan fingerprint density at radius 3 is 2.75 bits per heavy atom. The molecular formula is C9H10N2S. The topological polar surface area (TPSA) is 30.9 Å². The fourth-order valence-electron chi connectivity index (χ4n) is 1.21. The summed E-state index contributed by atoms with van der Waals surface area (Å²) in [4.78, 5) is 1.23. The second-order valence-electron chi connectivity index (χ2n) is 2.52. The summed E-state index contributed by atoms with van der Waals surface area (Å²) in [5.41, 5.74) is 6.80. The highest BCUT2D eigenvalue weighted by molar-refractivity contribution is 7.10. The summed E-state index contributed by atoms with van der Waals surface area (Å²) in [6.07, 6.45) is 4.06. The molecule has 0 aromatic carbocycles. The van der Waals surface area contributed by atoms with Gasteiger partial charge in [-0.2, -0.15) is 0 Å². The number of hydrogen-bond acceptors (Lipinski definition) is 2. The Bertz CT molecular complexity index is 348. The van der Waals surface area contributed by atoms with Crippen molar-refractivity contribution in [1.29, 1.82) is 0 Å². The van der Waals surface area contributed by atoms with Crippen LogP contribution in [0.4, 0.5) is 0 Å². The minimum atomic E-state index is 0.616. The monoisotopic (exact) mass is 178 g/mol. The Kier molecular flexibility index (Phi) is 1.98. The standard InChI is InChI=1S/C9H10N2S/c10-7-9-8(3-6-12-9)11-4-1-2-5-11/h1-6H,7,10H2. The van der Waals surface area contributed by atoms with Gasteiger partial charge in [0.25, 0.3) is 0 Å². The van der Waals surface area contributed by atoms with Crippen LogP contribution in [0.3, 0.4) is 0 Å². The summed E-state index contributed by atoms with van der Waals surface area (Å²) in [5, 5.41) is 2.07. The van der Waals surface area contributed by atoms with Crippen molar-refractivity contribution in [2.75, 3.05) is 0 Å². The number of nitrogens with two attached hydrogens (primary N) is 1. The molecule has 0 aliphatic heterocycles. The van der Waals surface area contributed by atoms with E-state index in [1.54, 1.807) is 11.3 Å².